The average Bonchev–Trinajstić information content (AvgIpc) is 2.66. The van der Waals surface area contributed by atoms with Crippen molar-refractivity contribution in [3.05, 3.63) is 64.8 Å². The predicted octanol–water partition coefficient (Wildman–Crippen LogP) is 6.92. The lowest BCUT2D eigenvalue weighted by Crippen LogP contribution is -2.15. The Hall–Kier alpha value is -2.19. The second-order valence-electron chi connectivity index (χ2n) is 10.3. The van der Waals surface area contributed by atoms with Crippen molar-refractivity contribution in [3.8, 4) is 11.1 Å². The van der Waals surface area contributed by atoms with E-state index >= 15 is 0 Å². The van der Waals surface area contributed by atoms with Crippen molar-refractivity contribution >= 4 is 10.9 Å². The number of pyridine rings is 1. The fourth-order valence-electron chi connectivity index (χ4n) is 4.17. The van der Waals surface area contributed by atoms with Crippen LogP contribution in [0.1, 0.15) is 63.4 Å². The SMILES string of the molecule is Cc1ccc(-c2c(CC(C)(C)C)c(CC(C)C)nc3ccc(CCCO)cc23)cc1. The normalized spacial score (nSPS) is 12.1. The predicted molar refractivity (Wildman–Crippen MR) is 129 cm³/mol. The summed E-state index contributed by atoms with van der Waals surface area (Å²) >= 11 is 0. The van der Waals surface area contributed by atoms with Gasteiger partial charge < -0.3 is 5.11 Å². The molecule has 0 spiro atoms. The number of fused-ring (bicyclic) bond motifs is 1. The topological polar surface area (TPSA) is 33.1 Å². The maximum atomic E-state index is 9.28. The van der Waals surface area contributed by atoms with Crippen molar-refractivity contribution in [1.82, 2.24) is 4.98 Å². The van der Waals surface area contributed by atoms with Gasteiger partial charge in [-0.1, -0.05) is 70.5 Å². The van der Waals surface area contributed by atoms with E-state index in [4.69, 9.17) is 4.98 Å². The highest BCUT2D eigenvalue weighted by Gasteiger charge is 2.22. The highest BCUT2D eigenvalue weighted by Crippen LogP contribution is 2.38. The number of hydrogen-bond donors (Lipinski definition) is 1. The van der Waals surface area contributed by atoms with Crippen LogP contribution in [0.4, 0.5) is 0 Å². The molecule has 1 aromatic heterocycles. The van der Waals surface area contributed by atoms with Gasteiger partial charge in [0, 0.05) is 17.7 Å². The van der Waals surface area contributed by atoms with Crippen molar-refractivity contribution in [3.63, 3.8) is 0 Å². The number of rotatable bonds is 7. The number of aliphatic hydroxyl groups excluding tert-OH is 1. The molecule has 0 unspecified atom stereocenters. The van der Waals surface area contributed by atoms with E-state index < -0.39 is 0 Å². The molecule has 3 rings (SSSR count). The van der Waals surface area contributed by atoms with Gasteiger partial charge in [0.15, 0.2) is 0 Å². The van der Waals surface area contributed by atoms with Gasteiger partial charge in [0.25, 0.3) is 0 Å². The van der Waals surface area contributed by atoms with E-state index in [1.165, 1.54) is 38.9 Å². The molecule has 2 nitrogen and oxygen atoms in total. The molecule has 0 aliphatic heterocycles. The van der Waals surface area contributed by atoms with Crippen LogP contribution in [0.15, 0.2) is 42.5 Å². The Balaban J connectivity index is 2.33. The lowest BCUT2D eigenvalue weighted by Gasteiger charge is -2.25. The molecule has 0 aliphatic rings. The summed E-state index contributed by atoms with van der Waals surface area (Å²) in [5.41, 5.74) is 9.05. The lowest BCUT2D eigenvalue weighted by atomic mass is 9.81. The number of aromatic nitrogens is 1. The van der Waals surface area contributed by atoms with Gasteiger partial charge in [-0.3, -0.25) is 4.98 Å². The van der Waals surface area contributed by atoms with Crippen LogP contribution in [-0.2, 0) is 19.3 Å². The molecule has 160 valence electrons. The molecule has 1 N–H and O–H groups in total. The summed E-state index contributed by atoms with van der Waals surface area (Å²) in [5.74, 6) is 0.559. The summed E-state index contributed by atoms with van der Waals surface area (Å²) in [4.78, 5) is 5.18. The summed E-state index contributed by atoms with van der Waals surface area (Å²) < 4.78 is 0. The van der Waals surface area contributed by atoms with Crippen LogP contribution in [0.25, 0.3) is 22.0 Å². The summed E-state index contributed by atoms with van der Waals surface area (Å²) in [5, 5.41) is 10.5. The third-order valence-electron chi connectivity index (χ3n) is 5.51. The molecule has 0 saturated carbocycles. The zero-order valence-corrected chi connectivity index (χ0v) is 19.5. The first-order valence-electron chi connectivity index (χ1n) is 11.3. The Bertz CT molecular complexity index is 994. The van der Waals surface area contributed by atoms with Gasteiger partial charge in [-0.15, -0.1) is 0 Å². The van der Waals surface area contributed by atoms with Gasteiger partial charge in [0.2, 0.25) is 0 Å². The smallest absolute Gasteiger partial charge is 0.0711 e. The van der Waals surface area contributed by atoms with E-state index in [0.717, 1.165) is 31.2 Å². The fraction of sp³-hybridized carbons (Fsp3) is 0.464. The molecule has 0 atom stereocenters. The zero-order chi connectivity index (χ0) is 21.9. The minimum absolute atomic E-state index is 0.176. The average molecular weight is 404 g/mol. The standard InChI is InChI=1S/C28H37NO/c1-19(2)16-26-24(18-28(4,5)6)27(22-12-9-20(3)10-13-22)23-17-21(8-7-15-30)11-14-25(23)29-26/h9-14,17,19,30H,7-8,15-16,18H2,1-6H3. The number of aryl methyl sites for hydroxylation is 2. The third kappa shape index (κ3) is 5.49. The van der Waals surface area contributed by atoms with Crippen LogP contribution >= 0.6 is 0 Å². The maximum Gasteiger partial charge on any atom is 0.0711 e. The minimum Gasteiger partial charge on any atom is -0.396 e. The van der Waals surface area contributed by atoms with Crippen molar-refractivity contribution in [2.75, 3.05) is 6.61 Å². The molecular weight excluding hydrogens is 366 g/mol. The van der Waals surface area contributed by atoms with Gasteiger partial charge >= 0.3 is 0 Å². The summed E-state index contributed by atoms with van der Waals surface area (Å²) in [7, 11) is 0. The molecule has 0 amide bonds. The monoisotopic (exact) mass is 403 g/mol. The van der Waals surface area contributed by atoms with Gasteiger partial charge in [-0.2, -0.15) is 0 Å². The Labute approximate surface area is 182 Å². The first kappa shape index (κ1) is 22.5. The van der Waals surface area contributed by atoms with Crippen molar-refractivity contribution in [2.45, 2.75) is 67.2 Å². The molecule has 0 aliphatic carbocycles. The first-order valence-corrected chi connectivity index (χ1v) is 11.3. The Kier molecular flexibility index (Phi) is 6.98. The van der Waals surface area contributed by atoms with Crippen LogP contribution in [-0.4, -0.2) is 16.7 Å². The lowest BCUT2D eigenvalue weighted by molar-refractivity contribution is 0.288. The summed E-state index contributed by atoms with van der Waals surface area (Å²) in [6, 6.07) is 15.6. The van der Waals surface area contributed by atoms with Crippen molar-refractivity contribution < 1.29 is 5.11 Å². The molecule has 0 saturated heterocycles. The molecule has 2 aromatic carbocycles. The molecule has 1 heterocycles. The summed E-state index contributed by atoms with van der Waals surface area (Å²) in [6.07, 6.45) is 3.68. The first-order chi connectivity index (χ1) is 14.2. The van der Waals surface area contributed by atoms with Crippen LogP contribution in [0, 0.1) is 18.3 Å². The number of benzene rings is 2. The zero-order valence-electron chi connectivity index (χ0n) is 19.5. The molecule has 3 aromatic rings. The maximum absolute atomic E-state index is 9.28. The van der Waals surface area contributed by atoms with Crippen molar-refractivity contribution in [2.24, 2.45) is 11.3 Å². The molecule has 2 heteroatoms. The van der Waals surface area contributed by atoms with E-state index in [1.807, 2.05) is 0 Å². The second-order valence-corrected chi connectivity index (χ2v) is 10.3. The van der Waals surface area contributed by atoms with Crippen LogP contribution in [0.2, 0.25) is 0 Å². The van der Waals surface area contributed by atoms with E-state index in [0.29, 0.717) is 5.92 Å². The Morgan fingerprint density at radius 3 is 2.30 bits per heavy atom. The molecular formula is C28H37NO. The molecule has 0 radical (unpaired) electrons. The highest BCUT2D eigenvalue weighted by molar-refractivity contribution is 5.97. The fourth-order valence-corrected chi connectivity index (χ4v) is 4.17. The minimum atomic E-state index is 0.176. The van der Waals surface area contributed by atoms with Crippen LogP contribution in [0.5, 0.6) is 0 Å². The number of aliphatic hydroxyl groups is 1. The Morgan fingerprint density at radius 2 is 1.70 bits per heavy atom. The van der Waals surface area contributed by atoms with E-state index in [2.05, 4.69) is 84.0 Å². The van der Waals surface area contributed by atoms with E-state index in [9.17, 15) is 5.11 Å². The van der Waals surface area contributed by atoms with Gasteiger partial charge in [0.05, 0.1) is 5.52 Å². The van der Waals surface area contributed by atoms with Gasteiger partial charge in [-0.25, -0.2) is 0 Å². The van der Waals surface area contributed by atoms with Gasteiger partial charge in [0.1, 0.15) is 0 Å². The highest BCUT2D eigenvalue weighted by atomic mass is 16.2. The van der Waals surface area contributed by atoms with Crippen molar-refractivity contribution in [1.29, 1.82) is 0 Å². The second kappa shape index (κ2) is 9.31. The molecule has 0 fully saturated rings. The molecule has 30 heavy (non-hydrogen) atoms. The number of nitrogens with zero attached hydrogens (tertiary/aromatic N) is 1. The van der Waals surface area contributed by atoms with E-state index in [-0.39, 0.29) is 12.0 Å². The number of hydrogen-bond acceptors (Lipinski definition) is 2. The van der Waals surface area contributed by atoms with E-state index in [1.54, 1.807) is 0 Å². The molecule has 0 bridgehead atoms. The quantitative estimate of drug-likeness (QED) is 0.464. The van der Waals surface area contributed by atoms with Crippen LogP contribution < -0.4 is 0 Å². The Morgan fingerprint density at radius 1 is 1.00 bits per heavy atom. The van der Waals surface area contributed by atoms with Crippen LogP contribution in [0.3, 0.4) is 0 Å². The van der Waals surface area contributed by atoms with Gasteiger partial charge in [-0.05, 0) is 78.3 Å². The summed E-state index contributed by atoms with van der Waals surface area (Å²) in [6.45, 7) is 13.9. The third-order valence-corrected chi connectivity index (χ3v) is 5.51. The largest absolute Gasteiger partial charge is 0.396 e.